The molecule has 5 nitrogen and oxygen atoms in total. The van der Waals surface area contributed by atoms with E-state index in [0.717, 1.165) is 42.3 Å². The van der Waals surface area contributed by atoms with Crippen molar-refractivity contribution < 1.29 is 9.90 Å². The average molecular weight is 315 g/mol. The molecule has 1 aliphatic carbocycles. The Kier molecular flexibility index (Phi) is 4.86. The number of nitrogens with zero attached hydrogens (tertiary/aromatic N) is 1. The van der Waals surface area contributed by atoms with Gasteiger partial charge in [0.25, 0.3) is 0 Å². The minimum atomic E-state index is -0.271. The summed E-state index contributed by atoms with van der Waals surface area (Å²) in [6, 6.07) is 10.0. The quantitative estimate of drug-likeness (QED) is 0.812. The molecule has 1 aromatic heterocycles. The summed E-state index contributed by atoms with van der Waals surface area (Å²) >= 11 is 0. The molecular formula is C18H25N3O2. The molecule has 3 rings (SSSR count). The molecule has 1 aromatic carbocycles. The van der Waals surface area contributed by atoms with Crippen molar-refractivity contribution in [2.45, 2.75) is 38.3 Å². The van der Waals surface area contributed by atoms with Crippen LogP contribution in [0.1, 0.15) is 31.4 Å². The maximum absolute atomic E-state index is 12.2. The molecule has 3 N–H and O–H groups in total. The number of H-pyrrole nitrogens is 1. The van der Waals surface area contributed by atoms with Gasteiger partial charge in [0.1, 0.15) is 0 Å². The summed E-state index contributed by atoms with van der Waals surface area (Å²) in [6.07, 6.45) is 3.82. The van der Waals surface area contributed by atoms with E-state index >= 15 is 0 Å². The zero-order valence-corrected chi connectivity index (χ0v) is 13.6. The molecular weight excluding hydrogens is 290 g/mol. The van der Waals surface area contributed by atoms with E-state index < -0.39 is 0 Å². The molecule has 5 heteroatoms. The number of fused-ring (bicyclic) bond motifs is 1. The second-order valence-electron chi connectivity index (χ2n) is 6.53. The Bertz CT molecular complexity index is 634. The molecule has 1 aliphatic rings. The number of amides is 2. The van der Waals surface area contributed by atoms with Gasteiger partial charge >= 0.3 is 6.03 Å². The Morgan fingerprint density at radius 1 is 1.35 bits per heavy atom. The number of aromatic amines is 1. The van der Waals surface area contributed by atoms with Crippen molar-refractivity contribution in [2.24, 2.45) is 5.92 Å². The monoisotopic (exact) mass is 315 g/mol. The maximum Gasteiger partial charge on any atom is 0.317 e. The molecule has 0 spiro atoms. The van der Waals surface area contributed by atoms with Crippen molar-refractivity contribution in [3.05, 3.63) is 36.0 Å². The van der Waals surface area contributed by atoms with Crippen LogP contribution >= 0.6 is 0 Å². The number of benzene rings is 1. The molecule has 23 heavy (non-hydrogen) atoms. The SMILES string of the molecule is CN(C[C@H]1CCCC[C@@H]1O)C(=O)NCc1cc2ccccc2[nH]1. The van der Waals surface area contributed by atoms with Gasteiger partial charge in [-0.25, -0.2) is 4.79 Å². The summed E-state index contributed by atoms with van der Waals surface area (Å²) in [5.74, 6) is 0.201. The van der Waals surface area contributed by atoms with E-state index in [-0.39, 0.29) is 18.1 Å². The molecule has 0 radical (unpaired) electrons. The lowest BCUT2D eigenvalue weighted by molar-refractivity contribution is 0.0565. The lowest BCUT2D eigenvalue weighted by Gasteiger charge is -2.31. The second-order valence-corrected chi connectivity index (χ2v) is 6.53. The van der Waals surface area contributed by atoms with Crippen LogP contribution in [0.5, 0.6) is 0 Å². The van der Waals surface area contributed by atoms with Gasteiger partial charge in [0, 0.05) is 30.7 Å². The molecule has 2 aromatic rings. The molecule has 1 heterocycles. The molecule has 0 aliphatic heterocycles. The minimum Gasteiger partial charge on any atom is -0.393 e. The Morgan fingerprint density at radius 2 is 2.13 bits per heavy atom. The summed E-state index contributed by atoms with van der Waals surface area (Å²) < 4.78 is 0. The van der Waals surface area contributed by atoms with Gasteiger partial charge in [-0.2, -0.15) is 0 Å². The van der Waals surface area contributed by atoms with Crippen LogP contribution in [0.4, 0.5) is 4.79 Å². The van der Waals surface area contributed by atoms with Crippen molar-refractivity contribution in [1.82, 2.24) is 15.2 Å². The Labute approximate surface area is 136 Å². The Hall–Kier alpha value is -2.01. The van der Waals surface area contributed by atoms with Crippen LogP contribution in [-0.4, -0.2) is 40.7 Å². The van der Waals surface area contributed by atoms with E-state index in [1.54, 1.807) is 11.9 Å². The third-order valence-electron chi connectivity index (χ3n) is 4.74. The zero-order valence-electron chi connectivity index (χ0n) is 13.6. The number of aliphatic hydroxyl groups excluding tert-OH is 1. The number of aromatic nitrogens is 1. The molecule has 2 atom stereocenters. The number of hydrogen-bond donors (Lipinski definition) is 3. The van der Waals surface area contributed by atoms with Crippen molar-refractivity contribution in [3.8, 4) is 0 Å². The first-order valence-electron chi connectivity index (χ1n) is 8.37. The fraction of sp³-hybridized carbons (Fsp3) is 0.500. The summed E-state index contributed by atoms with van der Waals surface area (Å²) in [5, 5.41) is 14.1. The fourth-order valence-electron chi connectivity index (χ4n) is 3.37. The van der Waals surface area contributed by atoms with Crippen molar-refractivity contribution in [3.63, 3.8) is 0 Å². The van der Waals surface area contributed by atoms with E-state index in [1.807, 2.05) is 24.3 Å². The van der Waals surface area contributed by atoms with Crippen LogP contribution < -0.4 is 5.32 Å². The fourth-order valence-corrected chi connectivity index (χ4v) is 3.37. The number of carbonyl (C=O) groups excluding carboxylic acids is 1. The van der Waals surface area contributed by atoms with Gasteiger partial charge in [0.2, 0.25) is 0 Å². The highest BCUT2D eigenvalue weighted by molar-refractivity contribution is 5.80. The molecule has 1 fully saturated rings. The Morgan fingerprint density at radius 3 is 2.91 bits per heavy atom. The predicted octanol–water partition coefficient (Wildman–Crippen LogP) is 2.86. The summed E-state index contributed by atoms with van der Waals surface area (Å²) in [7, 11) is 1.79. The van der Waals surface area contributed by atoms with E-state index in [9.17, 15) is 9.90 Å². The van der Waals surface area contributed by atoms with Crippen LogP contribution in [0.15, 0.2) is 30.3 Å². The number of hydrogen-bond acceptors (Lipinski definition) is 2. The number of urea groups is 1. The smallest absolute Gasteiger partial charge is 0.317 e. The van der Waals surface area contributed by atoms with E-state index in [2.05, 4.69) is 16.4 Å². The van der Waals surface area contributed by atoms with Crippen LogP contribution in [0.3, 0.4) is 0 Å². The minimum absolute atomic E-state index is 0.0959. The van der Waals surface area contributed by atoms with E-state index in [0.29, 0.717) is 13.1 Å². The average Bonchev–Trinajstić information content (AvgIpc) is 2.97. The second kappa shape index (κ2) is 7.04. The normalized spacial score (nSPS) is 21.3. The molecule has 0 saturated heterocycles. The van der Waals surface area contributed by atoms with E-state index in [4.69, 9.17) is 0 Å². The molecule has 124 valence electrons. The number of aliphatic hydroxyl groups is 1. The maximum atomic E-state index is 12.2. The van der Waals surface area contributed by atoms with Gasteiger partial charge < -0.3 is 20.3 Å². The van der Waals surface area contributed by atoms with Crippen molar-refractivity contribution in [2.75, 3.05) is 13.6 Å². The van der Waals surface area contributed by atoms with Gasteiger partial charge in [0.15, 0.2) is 0 Å². The lowest BCUT2D eigenvalue weighted by Crippen LogP contribution is -2.42. The third-order valence-corrected chi connectivity index (χ3v) is 4.74. The summed E-state index contributed by atoms with van der Waals surface area (Å²) in [4.78, 5) is 17.2. The van der Waals surface area contributed by atoms with Crippen molar-refractivity contribution >= 4 is 16.9 Å². The molecule has 2 amide bonds. The largest absolute Gasteiger partial charge is 0.393 e. The van der Waals surface area contributed by atoms with Crippen LogP contribution in [0, 0.1) is 5.92 Å². The predicted molar refractivity (Wildman–Crippen MR) is 91.1 cm³/mol. The highest BCUT2D eigenvalue weighted by Gasteiger charge is 2.25. The van der Waals surface area contributed by atoms with Gasteiger partial charge in [-0.3, -0.25) is 0 Å². The first kappa shape index (κ1) is 15.9. The molecule has 0 bridgehead atoms. The third kappa shape index (κ3) is 3.85. The summed E-state index contributed by atoms with van der Waals surface area (Å²) in [6.45, 7) is 1.09. The lowest BCUT2D eigenvalue weighted by atomic mass is 9.86. The topological polar surface area (TPSA) is 68.4 Å². The number of rotatable bonds is 4. The highest BCUT2D eigenvalue weighted by Crippen LogP contribution is 2.24. The zero-order chi connectivity index (χ0) is 16.2. The Balaban J connectivity index is 1.51. The van der Waals surface area contributed by atoms with Crippen LogP contribution in [0.25, 0.3) is 10.9 Å². The van der Waals surface area contributed by atoms with E-state index in [1.165, 1.54) is 0 Å². The first-order chi connectivity index (χ1) is 11.1. The van der Waals surface area contributed by atoms with Gasteiger partial charge in [-0.1, -0.05) is 31.0 Å². The van der Waals surface area contributed by atoms with Crippen LogP contribution in [-0.2, 0) is 6.54 Å². The number of para-hydroxylation sites is 1. The van der Waals surface area contributed by atoms with Crippen LogP contribution in [0.2, 0.25) is 0 Å². The van der Waals surface area contributed by atoms with Gasteiger partial charge in [0.05, 0.1) is 12.6 Å². The van der Waals surface area contributed by atoms with Gasteiger partial charge in [-0.15, -0.1) is 0 Å². The highest BCUT2D eigenvalue weighted by atomic mass is 16.3. The van der Waals surface area contributed by atoms with Gasteiger partial charge in [-0.05, 0) is 30.4 Å². The molecule has 1 saturated carbocycles. The first-order valence-corrected chi connectivity index (χ1v) is 8.37. The standard InChI is InChI=1S/C18H25N3O2/c1-21(12-14-7-3-5-9-17(14)22)18(23)19-11-15-10-13-6-2-4-8-16(13)20-15/h2,4,6,8,10,14,17,20,22H,3,5,7,9,11-12H2,1H3,(H,19,23)/t14-,17+/m1/s1. The number of carbonyl (C=O) groups is 1. The summed E-state index contributed by atoms with van der Waals surface area (Å²) in [5.41, 5.74) is 2.07. The van der Waals surface area contributed by atoms with Crippen molar-refractivity contribution in [1.29, 1.82) is 0 Å². The molecule has 0 unspecified atom stereocenters. The number of nitrogens with one attached hydrogen (secondary N) is 2.